The maximum atomic E-state index is 13.3. The van der Waals surface area contributed by atoms with Crippen LogP contribution in [0.5, 0.6) is 0 Å². The molecule has 0 unspecified atom stereocenters. The van der Waals surface area contributed by atoms with Crippen molar-refractivity contribution in [2.75, 3.05) is 11.9 Å². The normalized spacial score (nSPS) is 10.9. The Morgan fingerprint density at radius 2 is 2.00 bits per heavy atom. The quantitative estimate of drug-likeness (QED) is 0.656. The van der Waals surface area contributed by atoms with Gasteiger partial charge in [0.2, 0.25) is 11.2 Å². The molecule has 1 heterocycles. The van der Waals surface area contributed by atoms with Gasteiger partial charge in [-0.1, -0.05) is 0 Å². The number of carbonyl (C=O) groups is 2. The Balaban J connectivity index is 1.55. The van der Waals surface area contributed by atoms with Gasteiger partial charge >= 0.3 is 0 Å². The number of rotatable bonds is 6. The highest BCUT2D eigenvalue weighted by Gasteiger charge is 2.12. The molecule has 2 N–H and O–H groups in total. The number of anilines is 1. The lowest BCUT2D eigenvalue weighted by atomic mass is 10.2. The third kappa shape index (κ3) is 4.31. The predicted octanol–water partition coefficient (Wildman–Crippen LogP) is 3.92. The molecule has 0 bridgehead atoms. The zero-order chi connectivity index (χ0) is 20.3. The smallest absolute Gasteiger partial charge is 0.251 e. The lowest BCUT2D eigenvalue weighted by Gasteiger charge is -2.08. The summed E-state index contributed by atoms with van der Waals surface area (Å²) in [5.41, 5.74) is 2.91. The third-order valence-electron chi connectivity index (χ3n) is 4.36. The molecule has 0 saturated carbocycles. The monoisotopic (exact) mass is 402 g/mol. The van der Waals surface area contributed by atoms with Crippen molar-refractivity contribution < 1.29 is 14.0 Å². The van der Waals surface area contributed by atoms with Gasteiger partial charge in [-0.2, -0.15) is 0 Å². The molecule has 2 amide bonds. The van der Waals surface area contributed by atoms with Gasteiger partial charge in [-0.3, -0.25) is 9.59 Å². The number of hydrogen-bond donors (Lipinski definition) is 2. The van der Waals surface area contributed by atoms with Crippen molar-refractivity contribution in [3.63, 3.8) is 0 Å². The van der Waals surface area contributed by atoms with E-state index in [1.54, 1.807) is 31.2 Å². The number of carbonyl (C=O) groups excluding carboxylic acids is 2. The summed E-state index contributed by atoms with van der Waals surface area (Å²) in [5.74, 6) is -0.892. The van der Waals surface area contributed by atoms with E-state index in [0.717, 1.165) is 5.52 Å². The number of halogens is 2. The summed E-state index contributed by atoms with van der Waals surface area (Å²) in [7, 11) is 0. The van der Waals surface area contributed by atoms with E-state index in [1.165, 1.54) is 12.1 Å². The second-order valence-corrected chi connectivity index (χ2v) is 6.68. The number of imidazole rings is 1. The average Bonchev–Trinajstić information content (AvgIpc) is 2.98. The van der Waals surface area contributed by atoms with E-state index in [1.807, 2.05) is 11.5 Å². The van der Waals surface area contributed by atoms with E-state index in [-0.39, 0.29) is 30.6 Å². The molecule has 0 aliphatic carbocycles. The molecule has 3 aromatic rings. The number of amides is 2. The molecule has 3 rings (SSSR count). The molecule has 8 heteroatoms. The molecule has 0 radical (unpaired) electrons. The molecule has 2 aromatic carbocycles. The van der Waals surface area contributed by atoms with Crippen LogP contribution in [0.3, 0.4) is 0 Å². The van der Waals surface area contributed by atoms with Gasteiger partial charge in [0.15, 0.2) is 0 Å². The second-order valence-electron chi connectivity index (χ2n) is 6.35. The van der Waals surface area contributed by atoms with Crippen LogP contribution in [0, 0.1) is 12.7 Å². The van der Waals surface area contributed by atoms with Crippen molar-refractivity contribution >= 4 is 40.1 Å². The van der Waals surface area contributed by atoms with Gasteiger partial charge in [-0.05, 0) is 67.4 Å². The minimum absolute atomic E-state index is 0.0979. The zero-order valence-electron chi connectivity index (χ0n) is 15.6. The minimum atomic E-state index is -0.327. The Bertz CT molecular complexity index is 1050. The molecule has 0 spiro atoms. The Kier molecular flexibility index (Phi) is 5.94. The van der Waals surface area contributed by atoms with Crippen LogP contribution < -0.4 is 10.6 Å². The van der Waals surface area contributed by atoms with Gasteiger partial charge in [0, 0.05) is 30.8 Å². The Morgan fingerprint density at radius 1 is 1.21 bits per heavy atom. The summed E-state index contributed by atoms with van der Waals surface area (Å²) >= 11 is 6.09. The zero-order valence-corrected chi connectivity index (χ0v) is 16.3. The first-order valence-corrected chi connectivity index (χ1v) is 9.27. The molecule has 0 aliphatic heterocycles. The van der Waals surface area contributed by atoms with Crippen LogP contribution >= 0.6 is 11.6 Å². The first kappa shape index (κ1) is 19.8. The van der Waals surface area contributed by atoms with Crippen LogP contribution in [0.1, 0.15) is 29.3 Å². The Hall–Kier alpha value is -2.93. The van der Waals surface area contributed by atoms with Crippen LogP contribution in [0.4, 0.5) is 10.1 Å². The molecule has 0 fully saturated rings. The number of hydrogen-bond acceptors (Lipinski definition) is 3. The largest absolute Gasteiger partial charge is 0.352 e. The summed E-state index contributed by atoms with van der Waals surface area (Å²) in [6, 6.07) is 9.52. The maximum Gasteiger partial charge on any atom is 0.251 e. The van der Waals surface area contributed by atoms with Crippen LogP contribution in [0.2, 0.25) is 5.28 Å². The molecule has 0 aliphatic rings. The summed E-state index contributed by atoms with van der Waals surface area (Å²) in [5, 5.41) is 5.77. The fourth-order valence-electron chi connectivity index (χ4n) is 2.88. The van der Waals surface area contributed by atoms with E-state index in [0.29, 0.717) is 34.2 Å². The molecule has 0 atom stereocenters. The van der Waals surface area contributed by atoms with Crippen molar-refractivity contribution in [1.29, 1.82) is 0 Å². The summed E-state index contributed by atoms with van der Waals surface area (Å²) < 4.78 is 15.1. The average molecular weight is 403 g/mol. The highest BCUT2D eigenvalue weighted by Crippen LogP contribution is 2.21. The molecular formula is C20H20ClFN4O2. The molecular weight excluding hydrogens is 383 g/mol. The summed E-state index contributed by atoms with van der Waals surface area (Å²) in [6.07, 6.45) is 0.0979. The van der Waals surface area contributed by atoms with Gasteiger partial charge in [0.25, 0.3) is 5.91 Å². The van der Waals surface area contributed by atoms with Gasteiger partial charge in [0.05, 0.1) is 11.0 Å². The maximum absolute atomic E-state index is 13.3. The first-order chi connectivity index (χ1) is 13.4. The first-order valence-electron chi connectivity index (χ1n) is 8.89. The predicted molar refractivity (Wildman–Crippen MR) is 107 cm³/mol. The standard InChI is InChI=1S/C20H20ClFN4O2/c1-3-26-17-7-4-13(11-16(17)25-20(26)21)19(28)23-9-8-18(27)24-14-5-6-15(22)12(2)10-14/h4-7,10-11H,3,8-9H2,1-2H3,(H,23,28)(H,24,27). The van der Waals surface area contributed by atoms with Crippen LogP contribution in [-0.4, -0.2) is 27.9 Å². The molecule has 6 nitrogen and oxygen atoms in total. The van der Waals surface area contributed by atoms with Crippen molar-refractivity contribution in [2.45, 2.75) is 26.8 Å². The van der Waals surface area contributed by atoms with Crippen molar-refractivity contribution in [2.24, 2.45) is 0 Å². The molecule has 146 valence electrons. The minimum Gasteiger partial charge on any atom is -0.352 e. The van der Waals surface area contributed by atoms with Crippen molar-refractivity contribution in [3.8, 4) is 0 Å². The summed E-state index contributed by atoms with van der Waals surface area (Å²) in [6.45, 7) is 4.45. The lowest BCUT2D eigenvalue weighted by molar-refractivity contribution is -0.116. The number of nitrogens with one attached hydrogen (secondary N) is 2. The van der Waals surface area contributed by atoms with Crippen LogP contribution in [0.15, 0.2) is 36.4 Å². The Labute approximate surface area is 166 Å². The van der Waals surface area contributed by atoms with Crippen LogP contribution in [0.25, 0.3) is 11.0 Å². The van der Waals surface area contributed by atoms with E-state index in [2.05, 4.69) is 15.6 Å². The molecule has 28 heavy (non-hydrogen) atoms. The van der Waals surface area contributed by atoms with Crippen LogP contribution in [-0.2, 0) is 11.3 Å². The number of aromatic nitrogens is 2. The van der Waals surface area contributed by atoms with Gasteiger partial charge in [-0.25, -0.2) is 9.37 Å². The number of benzene rings is 2. The molecule has 0 saturated heterocycles. The highest BCUT2D eigenvalue weighted by molar-refractivity contribution is 6.29. The third-order valence-corrected chi connectivity index (χ3v) is 4.65. The van der Waals surface area contributed by atoms with E-state index < -0.39 is 0 Å². The van der Waals surface area contributed by atoms with Crippen molar-refractivity contribution in [3.05, 3.63) is 58.6 Å². The van der Waals surface area contributed by atoms with Gasteiger partial charge in [0.1, 0.15) is 5.82 Å². The van der Waals surface area contributed by atoms with E-state index >= 15 is 0 Å². The number of fused-ring (bicyclic) bond motifs is 1. The van der Waals surface area contributed by atoms with Crippen molar-refractivity contribution in [1.82, 2.24) is 14.9 Å². The van der Waals surface area contributed by atoms with Gasteiger partial charge in [-0.15, -0.1) is 0 Å². The van der Waals surface area contributed by atoms with Gasteiger partial charge < -0.3 is 15.2 Å². The van der Waals surface area contributed by atoms with E-state index in [9.17, 15) is 14.0 Å². The number of aryl methyl sites for hydroxylation is 2. The number of nitrogens with zero attached hydrogens (tertiary/aromatic N) is 2. The summed E-state index contributed by atoms with van der Waals surface area (Å²) in [4.78, 5) is 28.6. The van der Waals surface area contributed by atoms with E-state index in [4.69, 9.17) is 11.6 Å². The second kappa shape index (κ2) is 8.39. The lowest BCUT2D eigenvalue weighted by Crippen LogP contribution is -2.27. The molecule has 1 aromatic heterocycles. The fourth-order valence-corrected chi connectivity index (χ4v) is 3.18. The SMILES string of the molecule is CCn1c(Cl)nc2cc(C(=O)NCCC(=O)Nc3ccc(F)c(C)c3)ccc21. The topological polar surface area (TPSA) is 76.0 Å². The Morgan fingerprint density at radius 3 is 2.71 bits per heavy atom. The fraction of sp³-hybridized carbons (Fsp3) is 0.250. The highest BCUT2D eigenvalue weighted by atomic mass is 35.5.